The van der Waals surface area contributed by atoms with Crippen molar-refractivity contribution in [3.8, 4) is 0 Å². The summed E-state index contributed by atoms with van der Waals surface area (Å²) in [4.78, 5) is 0. The van der Waals surface area contributed by atoms with E-state index in [4.69, 9.17) is 0 Å². The van der Waals surface area contributed by atoms with Crippen LogP contribution in [-0.2, 0) is 29.2 Å². The first-order valence-corrected chi connectivity index (χ1v) is 24.2. The van der Waals surface area contributed by atoms with E-state index in [1.165, 1.54) is 141 Å². The maximum Gasteiger partial charge on any atom is 2.00 e. The molecule has 0 fully saturated rings. The van der Waals surface area contributed by atoms with Crippen LogP contribution in [0.1, 0.15) is 220 Å². The van der Waals surface area contributed by atoms with Gasteiger partial charge >= 0.3 is 37.7 Å². The number of hydrogen-bond donors (Lipinski definition) is 0. The average molecular weight is 819 g/mol. The Morgan fingerprint density at radius 3 is 0.925 bits per heavy atom. The van der Waals surface area contributed by atoms with Gasteiger partial charge in [0.2, 0.25) is 20.8 Å². The van der Waals surface area contributed by atoms with E-state index < -0.39 is 20.8 Å². The van der Waals surface area contributed by atoms with Crippen molar-refractivity contribution in [2.24, 2.45) is 11.8 Å². The van der Waals surface area contributed by atoms with Gasteiger partial charge in [0, 0.05) is 11.8 Å². The van der Waals surface area contributed by atoms with Gasteiger partial charge in [-0.25, -0.2) is 16.8 Å². The van der Waals surface area contributed by atoms with Crippen LogP contribution in [-0.4, -0.2) is 76.9 Å². The van der Waals surface area contributed by atoms with Crippen LogP contribution in [0, 0.1) is 11.8 Å². The monoisotopic (exact) mass is 819 g/mol. The Morgan fingerprint density at radius 2 is 0.660 bits per heavy atom. The van der Waals surface area contributed by atoms with Crippen molar-refractivity contribution < 1.29 is 34.3 Å². The molecule has 11 heteroatoms. The number of hydrogen-bond acceptors (Lipinski definition) is 8. The maximum atomic E-state index is 10.7. The molecule has 2 atom stereocenters. The molecular formula is C42H82CaO8S2. The summed E-state index contributed by atoms with van der Waals surface area (Å²) in [5.74, 6) is 0.0453. The van der Waals surface area contributed by atoms with E-state index in [2.05, 4.69) is 48.2 Å². The van der Waals surface area contributed by atoms with Crippen LogP contribution in [0.2, 0.25) is 0 Å². The zero-order valence-corrected chi connectivity index (χ0v) is 38.7. The third-order valence-electron chi connectivity index (χ3n) is 9.48. The molecule has 0 aliphatic rings. The van der Waals surface area contributed by atoms with Crippen molar-refractivity contribution in [3.05, 3.63) is 24.3 Å². The summed E-state index contributed by atoms with van der Waals surface area (Å²) < 4.78 is 73.2. The SMILES string of the molecule is CCCCCCCCC/C=C/C(CCCCCCCC)COS(=O)(=O)[O-].CCCCCCCCC/C=C/C(CCCCCCCC)COS(=O)(=O)[O-].[Ca+2]. The average Bonchev–Trinajstić information content (AvgIpc) is 3.09. The Balaban J connectivity index is -0.000000926. The van der Waals surface area contributed by atoms with E-state index in [-0.39, 0.29) is 62.8 Å². The molecule has 0 aromatic heterocycles. The Hall–Kier alpha value is 0.480. The molecule has 0 radical (unpaired) electrons. The summed E-state index contributed by atoms with van der Waals surface area (Å²) in [7, 11) is -9.19. The first-order chi connectivity index (χ1) is 25.0. The molecule has 312 valence electrons. The van der Waals surface area contributed by atoms with Gasteiger partial charge in [-0.2, -0.15) is 0 Å². The minimum Gasteiger partial charge on any atom is -0.726 e. The number of rotatable bonds is 38. The predicted octanol–water partition coefficient (Wildman–Crippen LogP) is 12.7. The fraction of sp³-hybridized carbons (Fsp3) is 0.905. The Kier molecular flexibility index (Phi) is 47.5. The predicted molar refractivity (Wildman–Crippen MR) is 224 cm³/mol. The zero-order valence-electron chi connectivity index (χ0n) is 34.9. The van der Waals surface area contributed by atoms with E-state index in [1.54, 1.807) is 0 Å². The summed E-state index contributed by atoms with van der Waals surface area (Å²) in [6.45, 7) is 8.82. The number of unbranched alkanes of at least 4 members (excludes halogenated alkanes) is 24. The molecule has 0 aromatic carbocycles. The molecule has 0 rings (SSSR count). The van der Waals surface area contributed by atoms with Crippen molar-refractivity contribution in [3.63, 3.8) is 0 Å². The molecule has 8 nitrogen and oxygen atoms in total. The molecule has 53 heavy (non-hydrogen) atoms. The smallest absolute Gasteiger partial charge is 0.726 e. The van der Waals surface area contributed by atoms with E-state index in [9.17, 15) is 25.9 Å². The number of allylic oxidation sites excluding steroid dienone is 2. The van der Waals surface area contributed by atoms with Gasteiger partial charge in [-0.15, -0.1) is 0 Å². The van der Waals surface area contributed by atoms with Gasteiger partial charge in [0.15, 0.2) is 0 Å². The topological polar surface area (TPSA) is 133 Å². The van der Waals surface area contributed by atoms with Crippen LogP contribution < -0.4 is 0 Å². The van der Waals surface area contributed by atoms with Gasteiger partial charge in [-0.1, -0.05) is 206 Å². The van der Waals surface area contributed by atoms with Gasteiger partial charge in [0.25, 0.3) is 0 Å². The molecule has 0 saturated carbocycles. The summed E-state index contributed by atoms with van der Waals surface area (Å²) >= 11 is 0. The Labute approximate surface area is 359 Å². The Morgan fingerprint density at radius 1 is 0.415 bits per heavy atom. The quantitative estimate of drug-likeness (QED) is 0.0198. The molecule has 0 heterocycles. The Bertz CT molecular complexity index is 923. The van der Waals surface area contributed by atoms with Crippen LogP contribution in [0.15, 0.2) is 24.3 Å². The van der Waals surface area contributed by atoms with Gasteiger partial charge in [0.05, 0.1) is 13.2 Å². The third-order valence-corrected chi connectivity index (χ3v) is 10.3. The molecule has 0 aromatic rings. The van der Waals surface area contributed by atoms with Crippen molar-refractivity contribution in [1.29, 1.82) is 0 Å². The molecule has 0 spiro atoms. The van der Waals surface area contributed by atoms with Crippen molar-refractivity contribution in [2.45, 2.75) is 220 Å². The second-order valence-electron chi connectivity index (χ2n) is 14.7. The minimum atomic E-state index is -4.60. The standard InChI is InChI=1S/2C21H42O4S.Ca/c2*1-3-5-7-9-11-12-13-15-17-19-21(20-25-26(22,23)24)18-16-14-10-8-6-4-2;/h2*17,19,21H,3-16,18,20H2,1-2H3,(H,22,23,24);/q;;+2/p-2/b2*19-17+;. The van der Waals surface area contributed by atoms with E-state index >= 15 is 0 Å². The minimum absolute atomic E-state index is 0. The summed E-state index contributed by atoms with van der Waals surface area (Å²) in [6, 6.07) is 0. The van der Waals surface area contributed by atoms with Crippen molar-refractivity contribution in [2.75, 3.05) is 13.2 Å². The molecule has 2 unspecified atom stereocenters. The van der Waals surface area contributed by atoms with Crippen LogP contribution in [0.4, 0.5) is 0 Å². The first kappa shape index (κ1) is 57.8. The fourth-order valence-corrected chi connectivity index (χ4v) is 6.88. The summed E-state index contributed by atoms with van der Waals surface area (Å²) in [5, 5.41) is 0. The van der Waals surface area contributed by atoms with Gasteiger partial charge in [0.1, 0.15) is 0 Å². The van der Waals surface area contributed by atoms with E-state index in [0.29, 0.717) is 0 Å². The van der Waals surface area contributed by atoms with Gasteiger partial charge < -0.3 is 9.11 Å². The van der Waals surface area contributed by atoms with Crippen molar-refractivity contribution in [1.82, 2.24) is 0 Å². The molecule has 0 saturated heterocycles. The van der Waals surface area contributed by atoms with Crippen LogP contribution in [0.3, 0.4) is 0 Å². The van der Waals surface area contributed by atoms with Crippen LogP contribution in [0.5, 0.6) is 0 Å². The van der Waals surface area contributed by atoms with Gasteiger partial charge in [-0.05, 0) is 38.5 Å². The van der Waals surface area contributed by atoms with E-state index in [1.807, 2.05) is 12.2 Å². The summed E-state index contributed by atoms with van der Waals surface area (Å²) in [6.07, 6.45) is 44.6. The molecule has 0 aliphatic heterocycles. The van der Waals surface area contributed by atoms with E-state index in [0.717, 1.165) is 51.4 Å². The third kappa shape index (κ3) is 52.5. The first-order valence-electron chi connectivity index (χ1n) is 21.5. The molecule has 0 bridgehead atoms. The molecule has 0 aliphatic carbocycles. The van der Waals surface area contributed by atoms with Crippen molar-refractivity contribution >= 4 is 58.5 Å². The van der Waals surface area contributed by atoms with Gasteiger partial charge in [-0.3, -0.25) is 8.37 Å². The molecule has 0 amide bonds. The maximum absolute atomic E-state index is 10.7. The van der Waals surface area contributed by atoms with Crippen LogP contribution >= 0.6 is 0 Å². The fourth-order valence-electron chi connectivity index (χ4n) is 6.20. The molecule has 0 N–H and O–H groups in total. The largest absolute Gasteiger partial charge is 2.00 e. The second kappa shape index (κ2) is 43.6. The normalized spacial score (nSPS) is 13.2. The molecular weight excluding hydrogens is 737 g/mol. The van der Waals surface area contributed by atoms with Crippen LogP contribution in [0.25, 0.3) is 0 Å². The summed E-state index contributed by atoms with van der Waals surface area (Å²) in [5.41, 5.74) is 0. The zero-order chi connectivity index (χ0) is 39.0. The second-order valence-corrected chi connectivity index (χ2v) is 16.8.